The Balaban J connectivity index is 1.64. The van der Waals surface area contributed by atoms with Crippen molar-refractivity contribution >= 4 is 11.6 Å². The number of nitrogens with zero attached hydrogens (tertiary/aromatic N) is 5. The summed E-state index contributed by atoms with van der Waals surface area (Å²) < 4.78 is 3.72. The van der Waals surface area contributed by atoms with E-state index in [-0.39, 0.29) is 11.9 Å². The van der Waals surface area contributed by atoms with Gasteiger partial charge < -0.3 is 9.88 Å². The lowest BCUT2D eigenvalue weighted by molar-refractivity contribution is 0.0924. The molecule has 1 saturated carbocycles. The van der Waals surface area contributed by atoms with Gasteiger partial charge in [-0.25, -0.2) is 14.5 Å². The van der Waals surface area contributed by atoms with Crippen LogP contribution in [0.4, 0.5) is 0 Å². The Bertz CT molecular complexity index is 920. The van der Waals surface area contributed by atoms with Crippen molar-refractivity contribution in [3.8, 4) is 0 Å². The Kier molecular flexibility index (Phi) is 3.37. The van der Waals surface area contributed by atoms with Crippen LogP contribution in [0.2, 0.25) is 0 Å². The van der Waals surface area contributed by atoms with Crippen molar-refractivity contribution in [1.82, 2.24) is 29.5 Å². The molecule has 3 aromatic rings. The largest absolute Gasteiger partial charge is 0.340 e. The van der Waals surface area contributed by atoms with Crippen LogP contribution in [0.1, 0.15) is 46.6 Å². The SMILES string of the molecule is Cc1cc2nc(C(=O)N[C@@H](c3nccn3C)C3CC3)cc(C)n2n1. The van der Waals surface area contributed by atoms with Crippen molar-refractivity contribution in [1.29, 1.82) is 0 Å². The molecule has 0 unspecified atom stereocenters. The van der Waals surface area contributed by atoms with Gasteiger partial charge in [0.25, 0.3) is 5.91 Å². The second-order valence-corrected chi connectivity index (χ2v) is 6.52. The first-order valence-electron chi connectivity index (χ1n) is 8.15. The minimum Gasteiger partial charge on any atom is -0.340 e. The number of hydrogen-bond acceptors (Lipinski definition) is 4. The molecular weight excluding hydrogens is 304 g/mol. The van der Waals surface area contributed by atoms with E-state index in [0.717, 1.165) is 30.1 Å². The van der Waals surface area contributed by atoms with E-state index in [2.05, 4.69) is 20.4 Å². The molecular formula is C17H20N6O. The average molecular weight is 324 g/mol. The fourth-order valence-corrected chi connectivity index (χ4v) is 3.07. The molecule has 1 N–H and O–H groups in total. The zero-order valence-corrected chi connectivity index (χ0v) is 14.0. The van der Waals surface area contributed by atoms with Crippen LogP contribution in [0.25, 0.3) is 5.65 Å². The van der Waals surface area contributed by atoms with Crippen molar-refractivity contribution in [2.45, 2.75) is 32.7 Å². The van der Waals surface area contributed by atoms with Crippen LogP contribution in [0, 0.1) is 19.8 Å². The molecule has 0 bridgehead atoms. The van der Waals surface area contributed by atoms with Crippen molar-refractivity contribution < 1.29 is 4.79 Å². The van der Waals surface area contributed by atoms with Crippen molar-refractivity contribution in [3.05, 3.63) is 47.4 Å². The molecule has 124 valence electrons. The molecule has 0 saturated heterocycles. The Hall–Kier alpha value is -2.70. The number of nitrogens with one attached hydrogen (secondary N) is 1. The van der Waals surface area contributed by atoms with E-state index in [4.69, 9.17) is 0 Å². The summed E-state index contributed by atoms with van der Waals surface area (Å²) in [5, 5.41) is 7.50. The molecule has 24 heavy (non-hydrogen) atoms. The normalized spacial score (nSPS) is 15.6. The Morgan fingerprint density at radius 1 is 1.33 bits per heavy atom. The highest BCUT2D eigenvalue weighted by Gasteiger charge is 2.36. The Morgan fingerprint density at radius 3 is 2.79 bits per heavy atom. The summed E-state index contributed by atoms with van der Waals surface area (Å²) in [7, 11) is 1.95. The van der Waals surface area contributed by atoms with E-state index in [9.17, 15) is 4.79 Å². The first-order chi connectivity index (χ1) is 11.5. The topological polar surface area (TPSA) is 77.1 Å². The van der Waals surface area contributed by atoms with Gasteiger partial charge in [-0.2, -0.15) is 5.10 Å². The smallest absolute Gasteiger partial charge is 0.270 e. The summed E-state index contributed by atoms with van der Waals surface area (Å²) in [6, 6.07) is 3.58. The summed E-state index contributed by atoms with van der Waals surface area (Å²) in [5.74, 6) is 1.18. The number of aryl methyl sites for hydroxylation is 3. The number of aromatic nitrogens is 5. The lowest BCUT2D eigenvalue weighted by atomic mass is 10.1. The van der Waals surface area contributed by atoms with Crippen molar-refractivity contribution in [3.63, 3.8) is 0 Å². The van der Waals surface area contributed by atoms with Gasteiger partial charge in [0.2, 0.25) is 0 Å². The molecule has 0 spiro atoms. The third-order valence-electron chi connectivity index (χ3n) is 4.48. The zero-order valence-electron chi connectivity index (χ0n) is 14.0. The van der Waals surface area contributed by atoms with Crippen LogP contribution in [-0.2, 0) is 7.05 Å². The van der Waals surface area contributed by atoms with Crippen LogP contribution in [0.15, 0.2) is 24.5 Å². The highest BCUT2D eigenvalue weighted by atomic mass is 16.2. The monoisotopic (exact) mass is 324 g/mol. The Labute approximate surface area is 139 Å². The number of fused-ring (bicyclic) bond motifs is 1. The maximum atomic E-state index is 12.8. The van der Waals surface area contributed by atoms with Gasteiger partial charge in [0.1, 0.15) is 11.5 Å². The molecule has 1 fully saturated rings. The van der Waals surface area contributed by atoms with Gasteiger partial charge in [-0.05, 0) is 38.7 Å². The number of rotatable bonds is 4. The zero-order chi connectivity index (χ0) is 16.8. The molecule has 7 heteroatoms. The van der Waals surface area contributed by atoms with Gasteiger partial charge in [0.15, 0.2) is 5.65 Å². The minimum absolute atomic E-state index is 0.0671. The van der Waals surface area contributed by atoms with E-state index in [1.165, 1.54) is 0 Å². The second-order valence-electron chi connectivity index (χ2n) is 6.52. The third-order valence-corrected chi connectivity index (χ3v) is 4.48. The third kappa shape index (κ3) is 2.55. The van der Waals surface area contributed by atoms with Gasteiger partial charge in [0.05, 0.1) is 11.7 Å². The van der Waals surface area contributed by atoms with E-state index in [1.54, 1.807) is 16.8 Å². The molecule has 0 aromatic carbocycles. The molecule has 4 rings (SSSR count). The fraction of sp³-hybridized carbons (Fsp3) is 0.412. The molecule has 1 atom stereocenters. The van der Waals surface area contributed by atoms with E-state index in [0.29, 0.717) is 17.3 Å². The average Bonchev–Trinajstić information content (AvgIpc) is 3.18. The van der Waals surface area contributed by atoms with Crippen LogP contribution in [0.3, 0.4) is 0 Å². The van der Waals surface area contributed by atoms with Crippen LogP contribution in [0.5, 0.6) is 0 Å². The molecule has 0 aliphatic heterocycles. The number of carbonyl (C=O) groups is 1. The molecule has 3 aromatic heterocycles. The number of hydrogen-bond donors (Lipinski definition) is 1. The van der Waals surface area contributed by atoms with Gasteiger partial charge in [-0.3, -0.25) is 4.79 Å². The van der Waals surface area contributed by atoms with E-state index < -0.39 is 0 Å². The number of imidazole rings is 1. The van der Waals surface area contributed by atoms with Crippen molar-refractivity contribution in [2.24, 2.45) is 13.0 Å². The number of carbonyl (C=O) groups excluding carboxylic acids is 1. The summed E-state index contributed by atoms with van der Waals surface area (Å²) in [6.07, 6.45) is 5.90. The summed E-state index contributed by atoms with van der Waals surface area (Å²) in [6.45, 7) is 3.84. The standard InChI is InChI=1S/C17H20N6O/c1-10-8-14-19-13(9-11(2)23(14)21-10)17(24)20-15(12-4-5-12)16-18-6-7-22(16)3/h6-9,12,15H,4-5H2,1-3H3,(H,20,24)/t15-/m1/s1. The molecule has 3 heterocycles. The van der Waals surface area contributed by atoms with Crippen LogP contribution in [-0.4, -0.2) is 30.1 Å². The lowest BCUT2D eigenvalue weighted by Gasteiger charge is -2.18. The predicted molar refractivity (Wildman–Crippen MR) is 88.6 cm³/mol. The predicted octanol–water partition coefficient (Wildman–Crippen LogP) is 1.96. The van der Waals surface area contributed by atoms with Crippen LogP contribution < -0.4 is 5.32 Å². The fourth-order valence-electron chi connectivity index (χ4n) is 3.07. The molecule has 1 aliphatic rings. The first-order valence-corrected chi connectivity index (χ1v) is 8.15. The van der Waals surface area contributed by atoms with E-state index in [1.807, 2.05) is 37.7 Å². The van der Waals surface area contributed by atoms with Crippen molar-refractivity contribution in [2.75, 3.05) is 0 Å². The summed E-state index contributed by atoms with van der Waals surface area (Å²) >= 11 is 0. The highest BCUT2D eigenvalue weighted by molar-refractivity contribution is 5.93. The van der Waals surface area contributed by atoms with Gasteiger partial charge in [0, 0.05) is 31.2 Å². The molecule has 1 amide bonds. The maximum Gasteiger partial charge on any atom is 0.270 e. The first kappa shape index (κ1) is 14.9. The van der Waals surface area contributed by atoms with E-state index >= 15 is 0 Å². The van der Waals surface area contributed by atoms with Crippen LogP contribution >= 0.6 is 0 Å². The molecule has 0 radical (unpaired) electrons. The maximum absolute atomic E-state index is 12.8. The number of amides is 1. The van der Waals surface area contributed by atoms with Gasteiger partial charge in [-0.15, -0.1) is 0 Å². The Morgan fingerprint density at radius 2 is 2.12 bits per heavy atom. The summed E-state index contributed by atoms with van der Waals surface area (Å²) in [5.41, 5.74) is 2.88. The molecule has 1 aliphatic carbocycles. The minimum atomic E-state index is -0.167. The summed E-state index contributed by atoms with van der Waals surface area (Å²) in [4.78, 5) is 21.6. The van der Waals surface area contributed by atoms with Gasteiger partial charge >= 0.3 is 0 Å². The lowest BCUT2D eigenvalue weighted by Crippen LogP contribution is -2.32. The quantitative estimate of drug-likeness (QED) is 0.796. The van der Waals surface area contributed by atoms with Gasteiger partial charge in [-0.1, -0.05) is 0 Å². The molecule has 7 nitrogen and oxygen atoms in total. The second kappa shape index (κ2) is 5.43. The highest BCUT2D eigenvalue weighted by Crippen LogP contribution is 2.40.